The maximum absolute atomic E-state index is 9.39. The second-order valence-electron chi connectivity index (χ2n) is 3.92. The van der Waals surface area contributed by atoms with Gasteiger partial charge in [-0.15, -0.1) is 11.3 Å². The molecule has 1 aromatic heterocycles. The monoisotopic (exact) mass is 311 g/mol. The summed E-state index contributed by atoms with van der Waals surface area (Å²) in [7, 11) is 0. The number of nitrogens with one attached hydrogen (secondary N) is 1. The summed E-state index contributed by atoms with van der Waals surface area (Å²) >= 11 is 5.09. The molecule has 4 heteroatoms. The number of thiophene rings is 1. The first-order valence-corrected chi connectivity index (χ1v) is 7.05. The van der Waals surface area contributed by atoms with Crippen LogP contribution in [0.5, 0.6) is 5.75 Å². The predicted octanol–water partition coefficient (Wildman–Crippen LogP) is 3.81. The fourth-order valence-electron chi connectivity index (χ4n) is 1.57. The summed E-state index contributed by atoms with van der Waals surface area (Å²) in [4.78, 5) is 1.38. The highest BCUT2D eigenvalue weighted by Gasteiger charge is 2.01. The van der Waals surface area contributed by atoms with Crippen LogP contribution in [0.15, 0.2) is 34.1 Å². The Bertz CT molecular complexity index is 510. The zero-order valence-corrected chi connectivity index (χ0v) is 11.9. The van der Waals surface area contributed by atoms with Crippen LogP contribution in [0.4, 0.5) is 0 Å². The van der Waals surface area contributed by atoms with E-state index < -0.39 is 0 Å². The highest BCUT2D eigenvalue weighted by Crippen LogP contribution is 2.24. The minimum Gasteiger partial charge on any atom is -0.507 e. The van der Waals surface area contributed by atoms with Crippen molar-refractivity contribution in [2.24, 2.45) is 0 Å². The van der Waals surface area contributed by atoms with Crippen LogP contribution >= 0.6 is 27.3 Å². The second kappa shape index (κ2) is 5.67. The van der Waals surface area contributed by atoms with E-state index in [4.69, 9.17) is 0 Å². The van der Waals surface area contributed by atoms with Gasteiger partial charge in [-0.2, -0.15) is 0 Å². The number of aromatic hydroxyl groups is 1. The average Bonchev–Trinajstić information content (AvgIpc) is 2.70. The number of aryl methyl sites for hydroxylation is 1. The third-order valence-electron chi connectivity index (χ3n) is 2.59. The van der Waals surface area contributed by atoms with Gasteiger partial charge in [0, 0.05) is 18.0 Å². The van der Waals surface area contributed by atoms with Crippen molar-refractivity contribution in [3.63, 3.8) is 0 Å². The molecule has 17 heavy (non-hydrogen) atoms. The van der Waals surface area contributed by atoms with E-state index in [9.17, 15) is 5.11 Å². The summed E-state index contributed by atoms with van der Waals surface area (Å²) in [6.07, 6.45) is 0. The Morgan fingerprint density at radius 3 is 2.76 bits per heavy atom. The summed E-state index contributed by atoms with van der Waals surface area (Å²) in [5.41, 5.74) is 2.50. The fourth-order valence-corrected chi connectivity index (χ4v) is 2.87. The lowest BCUT2D eigenvalue weighted by Crippen LogP contribution is -2.12. The van der Waals surface area contributed by atoms with Crippen molar-refractivity contribution in [2.45, 2.75) is 20.0 Å². The van der Waals surface area contributed by atoms with Gasteiger partial charge in [0.2, 0.25) is 0 Å². The summed E-state index contributed by atoms with van der Waals surface area (Å²) in [6.45, 7) is 3.82. The highest BCUT2D eigenvalue weighted by molar-refractivity contribution is 9.10. The summed E-state index contributed by atoms with van der Waals surface area (Å²) in [5.74, 6) is 0.280. The summed E-state index contributed by atoms with van der Waals surface area (Å²) in [5, 5.41) is 14.9. The van der Waals surface area contributed by atoms with Gasteiger partial charge in [0.25, 0.3) is 0 Å². The molecule has 90 valence electrons. The molecule has 0 aliphatic heterocycles. The maximum Gasteiger partial charge on any atom is 0.129 e. The van der Waals surface area contributed by atoms with Crippen LogP contribution in [-0.2, 0) is 13.1 Å². The normalized spacial score (nSPS) is 10.7. The van der Waals surface area contributed by atoms with Gasteiger partial charge in [0.1, 0.15) is 5.75 Å². The van der Waals surface area contributed by atoms with Gasteiger partial charge in [-0.1, -0.05) is 6.07 Å². The zero-order chi connectivity index (χ0) is 12.3. The van der Waals surface area contributed by atoms with Gasteiger partial charge >= 0.3 is 0 Å². The molecular formula is C13H14BrNOS. The number of hydrogen-bond donors (Lipinski definition) is 2. The standard InChI is InChI=1S/C13H14BrNOS/c1-9-4-5-17-13(9)8-15-7-10-2-3-12(16)11(14)6-10/h2-6,15-16H,7-8H2,1H3. The minimum atomic E-state index is 0.280. The first-order chi connectivity index (χ1) is 8.16. The van der Waals surface area contributed by atoms with Gasteiger partial charge in [-0.3, -0.25) is 0 Å². The predicted molar refractivity (Wildman–Crippen MR) is 75.4 cm³/mol. The van der Waals surface area contributed by atoms with Gasteiger partial charge in [0.15, 0.2) is 0 Å². The van der Waals surface area contributed by atoms with E-state index in [1.807, 2.05) is 12.1 Å². The van der Waals surface area contributed by atoms with Crippen molar-refractivity contribution < 1.29 is 5.11 Å². The van der Waals surface area contributed by atoms with Crippen LogP contribution < -0.4 is 5.32 Å². The SMILES string of the molecule is Cc1ccsc1CNCc1ccc(O)c(Br)c1. The Morgan fingerprint density at radius 1 is 1.29 bits per heavy atom. The van der Waals surface area contributed by atoms with Crippen molar-refractivity contribution in [3.8, 4) is 5.75 Å². The summed E-state index contributed by atoms with van der Waals surface area (Å²) < 4.78 is 0.740. The molecule has 0 saturated carbocycles. The molecule has 0 amide bonds. The topological polar surface area (TPSA) is 32.3 Å². The zero-order valence-electron chi connectivity index (χ0n) is 9.53. The number of hydrogen-bond acceptors (Lipinski definition) is 3. The number of phenols is 1. The van der Waals surface area contributed by atoms with Crippen molar-refractivity contribution in [1.82, 2.24) is 5.32 Å². The molecule has 0 atom stereocenters. The lowest BCUT2D eigenvalue weighted by molar-refractivity contribution is 0.471. The number of halogens is 1. The van der Waals surface area contributed by atoms with E-state index in [1.54, 1.807) is 17.4 Å². The second-order valence-corrected chi connectivity index (χ2v) is 5.77. The van der Waals surface area contributed by atoms with Gasteiger partial charge < -0.3 is 10.4 Å². The van der Waals surface area contributed by atoms with E-state index in [-0.39, 0.29) is 5.75 Å². The smallest absolute Gasteiger partial charge is 0.129 e. The van der Waals surface area contributed by atoms with E-state index in [1.165, 1.54) is 10.4 Å². The first-order valence-electron chi connectivity index (χ1n) is 5.38. The van der Waals surface area contributed by atoms with Crippen molar-refractivity contribution in [2.75, 3.05) is 0 Å². The number of phenolic OH excluding ortho intramolecular Hbond substituents is 1. The van der Waals surface area contributed by atoms with Crippen LogP contribution in [0.3, 0.4) is 0 Å². The molecule has 2 N–H and O–H groups in total. The number of benzene rings is 1. The van der Waals surface area contributed by atoms with Crippen LogP contribution in [0.2, 0.25) is 0 Å². The van der Waals surface area contributed by atoms with E-state index in [0.717, 1.165) is 23.1 Å². The Hall–Kier alpha value is -0.840. The fraction of sp³-hybridized carbons (Fsp3) is 0.231. The molecule has 2 aromatic rings. The Labute approximate surface area is 113 Å². The molecule has 0 saturated heterocycles. The van der Waals surface area contributed by atoms with Crippen LogP contribution in [0.1, 0.15) is 16.0 Å². The van der Waals surface area contributed by atoms with E-state index in [0.29, 0.717) is 0 Å². The number of rotatable bonds is 4. The van der Waals surface area contributed by atoms with Gasteiger partial charge in [0.05, 0.1) is 4.47 Å². The van der Waals surface area contributed by atoms with Crippen LogP contribution in [-0.4, -0.2) is 5.11 Å². The molecule has 2 nitrogen and oxygen atoms in total. The van der Waals surface area contributed by atoms with Crippen molar-refractivity contribution >= 4 is 27.3 Å². The molecule has 0 bridgehead atoms. The van der Waals surface area contributed by atoms with Gasteiger partial charge in [-0.25, -0.2) is 0 Å². The third kappa shape index (κ3) is 3.31. The van der Waals surface area contributed by atoms with E-state index in [2.05, 4.69) is 39.6 Å². The molecular weight excluding hydrogens is 298 g/mol. The third-order valence-corrected chi connectivity index (χ3v) is 4.25. The molecule has 2 rings (SSSR count). The highest BCUT2D eigenvalue weighted by atomic mass is 79.9. The summed E-state index contributed by atoms with van der Waals surface area (Å²) in [6, 6.07) is 7.70. The molecule has 0 fully saturated rings. The van der Waals surface area contributed by atoms with Crippen LogP contribution in [0, 0.1) is 6.92 Å². The first kappa shape index (κ1) is 12.6. The molecule has 0 unspecified atom stereocenters. The lowest BCUT2D eigenvalue weighted by Gasteiger charge is -2.06. The Balaban J connectivity index is 1.90. The Kier molecular flexibility index (Phi) is 4.20. The minimum absolute atomic E-state index is 0.280. The van der Waals surface area contributed by atoms with Gasteiger partial charge in [-0.05, 0) is 57.6 Å². The molecule has 0 radical (unpaired) electrons. The molecule has 0 aliphatic carbocycles. The molecule has 0 aliphatic rings. The molecule has 0 spiro atoms. The van der Waals surface area contributed by atoms with Crippen molar-refractivity contribution in [1.29, 1.82) is 0 Å². The van der Waals surface area contributed by atoms with Crippen molar-refractivity contribution in [3.05, 3.63) is 50.1 Å². The maximum atomic E-state index is 9.39. The Morgan fingerprint density at radius 2 is 2.12 bits per heavy atom. The molecule has 1 heterocycles. The average molecular weight is 312 g/mol. The largest absolute Gasteiger partial charge is 0.507 e. The molecule has 1 aromatic carbocycles. The lowest BCUT2D eigenvalue weighted by atomic mass is 10.2. The van der Waals surface area contributed by atoms with Crippen LogP contribution in [0.25, 0.3) is 0 Å². The quantitative estimate of drug-likeness (QED) is 0.899. The van der Waals surface area contributed by atoms with E-state index >= 15 is 0 Å².